The third-order valence-electron chi connectivity index (χ3n) is 5.88. The van der Waals surface area contributed by atoms with Crippen LogP contribution in [0.25, 0.3) is 39.3 Å². The number of tetrazole rings is 1. The van der Waals surface area contributed by atoms with Crippen molar-refractivity contribution in [2.75, 3.05) is 11.9 Å². The monoisotopic (exact) mass is 514 g/mol. The van der Waals surface area contributed by atoms with E-state index in [1.54, 1.807) is 12.5 Å². The van der Waals surface area contributed by atoms with E-state index in [1.807, 2.05) is 47.8 Å². The summed E-state index contributed by atoms with van der Waals surface area (Å²) in [4.78, 5) is 11.1. The van der Waals surface area contributed by atoms with Crippen molar-refractivity contribution in [1.82, 2.24) is 35.0 Å². The summed E-state index contributed by atoms with van der Waals surface area (Å²) >= 11 is 3.78. The van der Waals surface area contributed by atoms with Crippen molar-refractivity contribution >= 4 is 44.1 Å². The Morgan fingerprint density at radius 1 is 1.12 bits per heavy atom. The van der Waals surface area contributed by atoms with E-state index in [4.69, 9.17) is 4.42 Å². The normalized spacial score (nSPS) is 11.5. The second kappa shape index (κ2) is 8.07. The van der Waals surface area contributed by atoms with Gasteiger partial charge in [-0.3, -0.25) is 4.40 Å². The fourth-order valence-corrected chi connectivity index (χ4v) is 4.71. The molecule has 34 heavy (non-hydrogen) atoms. The highest BCUT2D eigenvalue weighted by molar-refractivity contribution is 9.10. The zero-order valence-corrected chi connectivity index (χ0v) is 20.0. The molecule has 0 aliphatic carbocycles. The molecule has 6 aromatic rings. The fourth-order valence-electron chi connectivity index (χ4n) is 4.11. The van der Waals surface area contributed by atoms with Crippen LogP contribution in [0.3, 0.4) is 0 Å². The van der Waals surface area contributed by atoms with Gasteiger partial charge in [0.25, 0.3) is 0 Å². The minimum Gasteiger partial charge on any atom is -0.455 e. The number of benzene rings is 2. The molecular formula is C24H19BrN8O. The molecule has 4 aromatic heterocycles. The van der Waals surface area contributed by atoms with Crippen molar-refractivity contribution < 1.29 is 4.42 Å². The quantitative estimate of drug-likeness (QED) is 0.327. The molecule has 2 aromatic carbocycles. The Bertz CT molecular complexity index is 1640. The molecule has 0 bridgehead atoms. The number of hydrogen-bond donors (Lipinski definition) is 1. The SMILES string of the molecule is CCc1cc(N(C)c2ccc3oc(-c4ccccc4-c4nn[nH]n4)c(Br)c3c2)n2cncc2n1. The Hall–Kier alpha value is -4.05. The van der Waals surface area contributed by atoms with Gasteiger partial charge in [0.2, 0.25) is 5.82 Å². The van der Waals surface area contributed by atoms with Gasteiger partial charge < -0.3 is 9.32 Å². The number of hydrogen-bond acceptors (Lipinski definition) is 7. The molecule has 0 unspecified atom stereocenters. The largest absolute Gasteiger partial charge is 0.455 e. The molecule has 0 spiro atoms. The number of anilines is 2. The van der Waals surface area contributed by atoms with E-state index in [1.165, 1.54) is 0 Å². The molecule has 0 radical (unpaired) electrons. The van der Waals surface area contributed by atoms with E-state index in [2.05, 4.69) is 70.5 Å². The standard InChI is InChI=1S/C24H19BrN8O/c1-3-14-10-21(33-13-26-12-20(33)27-14)32(2)15-8-9-19-18(11-15)22(25)23(34-19)16-6-4-5-7-17(16)24-28-30-31-29-24/h4-13H,3H2,1-2H3,(H,28,29,30,31). The number of aryl methyl sites for hydroxylation is 1. The third-order valence-corrected chi connectivity index (χ3v) is 6.67. The highest BCUT2D eigenvalue weighted by Gasteiger charge is 2.20. The smallest absolute Gasteiger partial charge is 0.205 e. The third kappa shape index (κ3) is 3.26. The van der Waals surface area contributed by atoms with Gasteiger partial charge in [0.1, 0.15) is 23.5 Å². The van der Waals surface area contributed by atoms with Gasteiger partial charge in [-0.2, -0.15) is 5.21 Å². The van der Waals surface area contributed by atoms with Crippen molar-refractivity contribution in [2.45, 2.75) is 13.3 Å². The summed E-state index contributed by atoms with van der Waals surface area (Å²) in [6, 6.07) is 16.1. The number of aromatic amines is 1. The maximum atomic E-state index is 6.28. The number of fused-ring (bicyclic) bond motifs is 2. The summed E-state index contributed by atoms with van der Waals surface area (Å²) in [6.07, 6.45) is 4.41. The summed E-state index contributed by atoms with van der Waals surface area (Å²) in [5.41, 5.74) is 5.34. The summed E-state index contributed by atoms with van der Waals surface area (Å²) in [6.45, 7) is 2.10. The molecule has 0 aliphatic rings. The second-order valence-electron chi connectivity index (χ2n) is 7.85. The lowest BCUT2D eigenvalue weighted by molar-refractivity contribution is 0.630. The van der Waals surface area contributed by atoms with Crippen LogP contribution < -0.4 is 4.90 Å². The number of aromatic nitrogens is 7. The molecule has 6 rings (SSSR count). The molecule has 0 saturated carbocycles. The molecule has 0 amide bonds. The summed E-state index contributed by atoms with van der Waals surface area (Å²) in [7, 11) is 2.04. The Morgan fingerprint density at radius 2 is 1.97 bits per heavy atom. The molecule has 0 aliphatic heterocycles. The van der Waals surface area contributed by atoms with Crippen LogP contribution in [0.2, 0.25) is 0 Å². The van der Waals surface area contributed by atoms with Gasteiger partial charge in [0.05, 0.1) is 10.7 Å². The molecule has 0 atom stereocenters. The first kappa shape index (κ1) is 20.5. The molecule has 0 fully saturated rings. The lowest BCUT2D eigenvalue weighted by Gasteiger charge is -2.21. The summed E-state index contributed by atoms with van der Waals surface area (Å²) in [5, 5.41) is 15.4. The summed E-state index contributed by atoms with van der Waals surface area (Å²) < 4.78 is 9.13. The van der Waals surface area contributed by atoms with Crippen LogP contribution in [-0.4, -0.2) is 42.0 Å². The molecule has 4 heterocycles. The van der Waals surface area contributed by atoms with E-state index in [0.29, 0.717) is 11.6 Å². The first-order valence-corrected chi connectivity index (χ1v) is 11.5. The average Bonchev–Trinajstić information content (AvgIpc) is 3.63. The van der Waals surface area contributed by atoms with Crippen LogP contribution in [0.4, 0.5) is 11.5 Å². The van der Waals surface area contributed by atoms with E-state index in [9.17, 15) is 0 Å². The molecule has 0 saturated heterocycles. The van der Waals surface area contributed by atoms with Gasteiger partial charge in [0.15, 0.2) is 5.65 Å². The predicted molar refractivity (Wildman–Crippen MR) is 133 cm³/mol. The van der Waals surface area contributed by atoms with E-state index < -0.39 is 0 Å². The second-order valence-corrected chi connectivity index (χ2v) is 8.64. The number of H-pyrrole nitrogens is 1. The van der Waals surface area contributed by atoms with Crippen molar-refractivity contribution in [3.05, 3.63) is 71.2 Å². The van der Waals surface area contributed by atoms with Crippen LogP contribution in [0.1, 0.15) is 12.6 Å². The van der Waals surface area contributed by atoms with Crippen molar-refractivity contribution in [1.29, 1.82) is 0 Å². The van der Waals surface area contributed by atoms with Crippen molar-refractivity contribution in [3.8, 4) is 22.7 Å². The van der Waals surface area contributed by atoms with Gasteiger partial charge in [-0.1, -0.05) is 31.2 Å². The number of furan rings is 1. The number of rotatable bonds is 5. The Morgan fingerprint density at radius 3 is 2.76 bits per heavy atom. The van der Waals surface area contributed by atoms with E-state index >= 15 is 0 Å². The van der Waals surface area contributed by atoms with Crippen LogP contribution in [0.15, 0.2) is 69.9 Å². The van der Waals surface area contributed by atoms with Crippen LogP contribution in [0.5, 0.6) is 0 Å². The fraction of sp³-hybridized carbons (Fsp3) is 0.125. The molecule has 1 N–H and O–H groups in total. The van der Waals surface area contributed by atoms with Crippen molar-refractivity contribution in [3.63, 3.8) is 0 Å². The lowest BCUT2D eigenvalue weighted by atomic mass is 10.0. The zero-order valence-electron chi connectivity index (χ0n) is 18.4. The van der Waals surface area contributed by atoms with E-state index in [0.717, 1.165) is 55.8 Å². The van der Waals surface area contributed by atoms with Gasteiger partial charge in [0, 0.05) is 41.0 Å². The number of nitrogens with one attached hydrogen (secondary N) is 1. The predicted octanol–water partition coefficient (Wildman–Crippen LogP) is 5.42. The van der Waals surface area contributed by atoms with Crippen LogP contribution in [-0.2, 0) is 6.42 Å². The minimum absolute atomic E-state index is 0.511. The van der Waals surface area contributed by atoms with Crippen LogP contribution in [0, 0.1) is 0 Å². The Labute approximate surface area is 202 Å². The molecular weight excluding hydrogens is 496 g/mol. The zero-order chi connectivity index (χ0) is 23.2. The minimum atomic E-state index is 0.511. The number of nitrogens with zero attached hydrogens (tertiary/aromatic N) is 7. The topological polar surface area (TPSA) is 101 Å². The van der Waals surface area contributed by atoms with Gasteiger partial charge in [-0.25, -0.2) is 9.97 Å². The molecule has 9 nitrogen and oxygen atoms in total. The average molecular weight is 515 g/mol. The summed E-state index contributed by atoms with van der Waals surface area (Å²) in [5.74, 6) is 2.21. The first-order valence-electron chi connectivity index (χ1n) is 10.7. The van der Waals surface area contributed by atoms with Crippen molar-refractivity contribution in [2.24, 2.45) is 0 Å². The lowest BCUT2D eigenvalue weighted by Crippen LogP contribution is -2.14. The van der Waals surface area contributed by atoms with E-state index in [-0.39, 0.29) is 0 Å². The highest BCUT2D eigenvalue weighted by atomic mass is 79.9. The van der Waals surface area contributed by atoms with Gasteiger partial charge >= 0.3 is 0 Å². The Balaban J connectivity index is 1.47. The molecule has 10 heteroatoms. The Kier molecular flexibility index (Phi) is 4.88. The number of imidazole rings is 1. The first-order chi connectivity index (χ1) is 16.6. The number of halogens is 1. The maximum Gasteiger partial charge on any atom is 0.205 e. The maximum absolute atomic E-state index is 6.28. The van der Waals surface area contributed by atoms with Gasteiger partial charge in [-0.15, -0.1) is 10.2 Å². The highest BCUT2D eigenvalue weighted by Crippen LogP contribution is 2.42. The molecule has 168 valence electrons. The van der Waals surface area contributed by atoms with Crippen LogP contribution >= 0.6 is 15.9 Å². The van der Waals surface area contributed by atoms with Gasteiger partial charge in [-0.05, 0) is 45.8 Å².